The Morgan fingerprint density at radius 2 is 2.10 bits per heavy atom. The molecule has 5 rings (SSSR count). The van der Waals surface area contributed by atoms with Gasteiger partial charge in [-0.1, -0.05) is 35.6 Å². The molecule has 6 nitrogen and oxygen atoms in total. The summed E-state index contributed by atoms with van der Waals surface area (Å²) in [5, 5.41) is 4.35. The number of aryl methyl sites for hydroxylation is 1. The maximum Gasteiger partial charge on any atom is 0.257 e. The Kier molecular flexibility index (Phi) is 4.52. The summed E-state index contributed by atoms with van der Waals surface area (Å²) in [6, 6.07) is 13.2. The van der Waals surface area contributed by atoms with E-state index in [1.54, 1.807) is 22.9 Å². The van der Waals surface area contributed by atoms with Gasteiger partial charge in [-0.25, -0.2) is 4.98 Å². The second kappa shape index (κ2) is 7.20. The number of fused-ring (bicyclic) bond motifs is 2. The number of thiazole rings is 1. The number of rotatable bonds is 3. The molecule has 1 aliphatic rings. The normalized spacial score (nSPS) is 16.6. The first-order valence-corrected chi connectivity index (χ1v) is 11.2. The maximum absolute atomic E-state index is 13.2. The fourth-order valence-corrected chi connectivity index (χ4v) is 5.66. The van der Waals surface area contributed by atoms with Gasteiger partial charge >= 0.3 is 0 Å². The molecule has 1 aliphatic heterocycles. The predicted molar refractivity (Wildman–Crippen MR) is 119 cm³/mol. The van der Waals surface area contributed by atoms with E-state index in [9.17, 15) is 9.59 Å². The van der Waals surface area contributed by atoms with Crippen LogP contribution in [-0.4, -0.2) is 44.4 Å². The minimum Gasteiger partial charge on any atom is -0.360 e. The number of para-hydroxylation sites is 1. The Balaban J connectivity index is 1.38. The summed E-state index contributed by atoms with van der Waals surface area (Å²) in [5.41, 5.74) is 3.52. The molecule has 3 heterocycles. The van der Waals surface area contributed by atoms with Crippen molar-refractivity contribution in [2.24, 2.45) is 0 Å². The molecule has 0 saturated carbocycles. The van der Waals surface area contributed by atoms with Crippen molar-refractivity contribution in [3.05, 3.63) is 59.8 Å². The van der Waals surface area contributed by atoms with Crippen molar-refractivity contribution in [3.8, 4) is 0 Å². The average Bonchev–Trinajstić information content (AvgIpc) is 3.44. The second-order valence-corrected chi connectivity index (χ2v) is 9.05. The van der Waals surface area contributed by atoms with Gasteiger partial charge in [-0.3, -0.25) is 9.59 Å². The van der Waals surface area contributed by atoms with Crippen LogP contribution in [0.15, 0.2) is 48.7 Å². The lowest BCUT2D eigenvalue weighted by Gasteiger charge is -2.22. The molecule has 1 atom stereocenters. The van der Waals surface area contributed by atoms with Crippen molar-refractivity contribution in [2.45, 2.75) is 13.0 Å². The van der Waals surface area contributed by atoms with E-state index >= 15 is 0 Å². The molecule has 2 amide bonds. The first kappa shape index (κ1) is 18.2. The topological polar surface area (TPSA) is 78.1 Å². The molecule has 8 heteroatoms. The van der Waals surface area contributed by atoms with Crippen molar-refractivity contribution < 1.29 is 9.59 Å². The van der Waals surface area contributed by atoms with E-state index in [0.29, 0.717) is 22.3 Å². The monoisotopic (exact) mass is 422 g/mol. The van der Waals surface area contributed by atoms with Gasteiger partial charge in [0.2, 0.25) is 5.91 Å². The zero-order valence-corrected chi connectivity index (χ0v) is 17.3. The Morgan fingerprint density at radius 3 is 3.00 bits per heavy atom. The summed E-state index contributed by atoms with van der Waals surface area (Å²) in [7, 11) is 0. The molecule has 1 unspecified atom stereocenters. The number of amides is 2. The van der Waals surface area contributed by atoms with E-state index in [0.717, 1.165) is 26.7 Å². The van der Waals surface area contributed by atoms with Crippen LogP contribution in [0.25, 0.3) is 21.1 Å². The number of aromatic nitrogens is 2. The lowest BCUT2D eigenvalue weighted by molar-refractivity contribution is -0.119. The number of carbonyl (C=O) groups excluding carboxylic acids is 2. The molecule has 2 N–H and O–H groups in total. The largest absolute Gasteiger partial charge is 0.360 e. The summed E-state index contributed by atoms with van der Waals surface area (Å²) < 4.78 is 1.04. The van der Waals surface area contributed by atoms with Crippen molar-refractivity contribution in [1.29, 1.82) is 0 Å². The molecule has 1 saturated heterocycles. The first-order chi connectivity index (χ1) is 14.1. The highest BCUT2D eigenvalue weighted by Crippen LogP contribution is 2.30. The molecule has 0 radical (unpaired) electrons. The smallest absolute Gasteiger partial charge is 0.257 e. The zero-order chi connectivity index (χ0) is 20.0. The van der Waals surface area contributed by atoms with Crippen LogP contribution in [0.1, 0.15) is 15.9 Å². The summed E-state index contributed by atoms with van der Waals surface area (Å²) in [6.07, 6.45) is 1.72. The van der Waals surface area contributed by atoms with Gasteiger partial charge in [-0.2, -0.15) is 0 Å². The number of nitrogens with zero attached hydrogens (tertiary/aromatic N) is 2. The van der Waals surface area contributed by atoms with Crippen molar-refractivity contribution >= 4 is 61.2 Å². The number of hydrogen-bond acceptors (Lipinski definition) is 5. The van der Waals surface area contributed by atoms with Crippen LogP contribution in [0.4, 0.5) is 5.13 Å². The van der Waals surface area contributed by atoms with Gasteiger partial charge in [0.15, 0.2) is 5.13 Å². The van der Waals surface area contributed by atoms with Crippen molar-refractivity contribution in [1.82, 2.24) is 14.9 Å². The molecule has 0 spiro atoms. The van der Waals surface area contributed by atoms with Gasteiger partial charge in [0.1, 0.15) is 6.04 Å². The molecule has 2 aromatic heterocycles. The lowest BCUT2D eigenvalue weighted by Crippen LogP contribution is -2.44. The minimum atomic E-state index is -0.519. The number of thioether (sulfide) groups is 1. The van der Waals surface area contributed by atoms with E-state index in [-0.39, 0.29) is 11.8 Å². The van der Waals surface area contributed by atoms with Gasteiger partial charge < -0.3 is 15.2 Å². The highest BCUT2D eigenvalue weighted by Gasteiger charge is 2.36. The third kappa shape index (κ3) is 3.28. The number of carbonyl (C=O) groups is 2. The van der Waals surface area contributed by atoms with Crippen LogP contribution in [0.5, 0.6) is 0 Å². The highest BCUT2D eigenvalue weighted by atomic mass is 32.2. The fourth-order valence-electron chi connectivity index (χ4n) is 3.54. The Hall–Kier alpha value is -2.84. The molecule has 1 fully saturated rings. The molecule has 2 aromatic carbocycles. The van der Waals surface area contributed by atoms with Crippen LogP contribution in [0.2, 0.25) is 0 Å². The van der Waals surface area contributed by atoms with Crippen LogP contribution >= 0.6 is 23.1 Å². The van der Waals surface area contributed by atoms with E-state index in [1.165, 1.54) is 11.3 Å². The van der Waals surface area contributed by atoms with Gasteiger partial charge in [-0.15, -0.1) is 11.8 Å². The molecular weight excluding hydrogens is 404 g/mol. The summed E-state index contributed by atoms with van der Waals surface area (Å²) in [6.45, 7) is 2.03. The van der Waals surface area contributed by atoms with E-state index in [2.05, 4.69) is 21.4 Å². The molecule has 146 valence electrons. The quantitative estimate of drug-likeness (QED) is 0.518. The molecule has 0 aliphatic carbocycles. The number of anilines is 1. The third-order valence-electron chi connectivity index (χ3n) is 5.04. The number of aromatic amines is 1. The summed E-state index contributed by atoms with van der Waals surface area (Å²) in [5.74, 6) is 0.742. The average molecular weight is 423 g/mol. The summed E-state index contributed by atoms with van der Waals surface area (Å²) >= 11 is 3.03. The highest BCUT2D eigenvalue weighted by molar-refractivity contribution is 7.99. The fraction of sp³-hybridized carbons (Fsp3) is 0.190. The van der Waals surface area contributed by atoms with Gasteiger partial charge in [-0.05, 0) is 30.7 Å². The minimum absolute atomic E-state index is 0.132. The number of hydrogen-bond donors (Lipinski definition) is 2. The zero-order valence-electron chi connectivity index (χ0n) is 15.6. The molecule has 4 aromatic rings. The van der Waals surface area contributed by atoms with Crippen LogP contribution in [0.3, 0.4) is 0 Å². The summed E-state index contributed by atoms with van der Waals surface area (Å²) in [4.78, 5) is 35.4. The predicted octanol–water partition coefficient (Wildman–Crippen LogP) is 4.24. The Bertz CT molecular complexity index is 1250. The molecular formula is C21H18N4O2S2. The van der Waals surface area contributed by atoms with Crippen LogP contribution < -0.4 is 5.32 Å². The third-order valence-corrected chi connectivity index (χ3v) is 6.99. The Labute approximate surface area is 175 Å². The molecule has 29 heavy (non-hydrogen) atoms. The van der Waals surface area contributed by atoms with E-state index in [4.69, 9.17) is 0 Å². The SMILES string of the molecule is Cc1ccc2nc(NC(=O)C3CSCN3C(=O)c3c[nH]c4ccccc34)sc2c1. The van der Waals surface area contributed by atoms with E-state index in [1.807, 2.05) is 43.3 Å². The molecule has 0 bridgehead atoms. The lowest BCUT2D eigenvalue weighted by atomic mass is 10.1. The maximum atomic E-state index is 13.2. The first-order valence-electron chi connectivity index (χ1n) is 9.23. The van der Waals surface area contributed by atoms with Gasteiger partial charge in [0.05, 0.1) is 21.7 Å². The number of nitrogens with one attached hydrogen (secondary N) is 2. The van der Waals surface area contributed by atoms with Crippen LogP contribution in [-0.2, 0) is 4.79 Å². The van der Waals surface area contributed by atoms with Gasteiger partial charge in [0.25, 0.3) is 5.91 Å². The van der Waals surface area contributed by atoms with Gasteiger partial charge in [0, 0.05) is 22.9 Å². The number of benzene rings is 2. The van der Waals surface area contributed by atoms with Crippen molar-refractivity contribution in [2.75, 3.05) is 16.9 Å². The Morgan fingerprint density at radius 1 is 1.24 bits per heavy atom. The number of H-pyrrole nitrogens is 1. The van der Waals surface area contributed by atoms with Crippen LogP contribution in [0, 0.1) is 6.92 Å². The van der Waals surface area contributed by atoms with Crippen molar-refractivity contribution in [3.63, 3.8) is 0 Å². The standard InChI is InChI=1S/C21H18N4O2S2/c1-12-6-7-16-18(8-12)29-21(23-16)24-19(26)17-10-28-11-25(17)20(27)14-9-22-15-5-3-2-4-13(14)15/h2-9,17,22H,10-11H2,1H3,(H,23,24,26). The second-order valence-electron chi connectivity index (χ2n) is 7.02. The van der Waals surface area contributed by atoms with E-state index < -0.39 is 6.04 Å².